The Morgan fingerprint density at radius 2 is 1.69 bits per heavy atom. The Kier molecular flexibility index (Phi) is 6.17. The highest BCUT2D eigenvalue weighted by Crippen LogP contribution is 2.31. The van der Waals surface area contributed by atoms with Gasteiger partial charge in [-0.3, -0.25) is 15.6 Å². The Morgan fingerprint density at radius 1 is 0.938 bits per heavy atom. The average Bonchev–Trinajstić information content (AvgIpc) is 2.83. The maximum absolute atomic E-state index is 13.1. The van der Waals surface area contributed by atoms with E-state index in [9.17, 15) is 9.18 Å². The molecule has 1 amide bonds. The van der Waals surface area contributed by atoms with Crippen molar-refractivity contribution >= 4 is 29.0 Å². The van der Waals surface area contributed by atoms with Gasteiger partial charge in [0.1, 0.15) is 23.6 Å². The zero-order chi connectivity index (χ0) is 22.3. The van der Waals surface area contributed by atoms with E-state index >= 15 is 0 Å². The molecule has 0 aliphatic carbocycles. The highest BCUT2D eigenvalue weighted by Gasteiger charge is 2.19. The predicted molar refractivity (Wildman–Crippen MR) is 120 cm³/mol. The number of nitrogen functional groups attached to an aromatic ring is 1. The number of amides is 1. The number of hydrogen-bond acceptors (Lipinski definition) is 7. The van der Waals surface area contributed by atoms with Gasteiger partial charge in [0.15, 0.2) is 11.6 Å². The van der Waals surface area contributed by atoms with Gasteiger partial charge in [-0.25, -0.2) is 19.3 Å². The van der Waals surface area contributed by atoms with Crippen molar-refractivity contribution in [2.24, 2.45) is 0 Å². The molecule has 8 nitrogen and oxygen atoms in total. The van der Waals surface area contributed by atoms with Crippen molar-refractivity contribution in [1.29, 1.82) is 0 Å². The molecule has 0 atom stereocenters. The summed E-state index contributed by atoms with van der Waals surface area (Å²) in [5.74, 6) is 0.422. The van der Waals surface area contributed by atoms with Crippen molar-refractivity contribution in [2.45, 2.75) is 6.54 Å². The molecule has 0 saturated carbocycles. The van der Waals surface area contributed by atoms with Crippen LogP contribution in [0.25, 0.3) is 0 Å². The van der Waals surface area contributed by atoms with E-state index < -0.39 is 11.7 Å². The molecular formula is C23H20FN7O. The number of nitrogens with two attached hydrogens (primary N) is 1. The van der Waals surface area contributed by atoms with Crippen LogP contribution in [-0.2, 0) is 6.54 Å². The number of carbonyl (C=O) groups excluding carboxylic acids is 1. The Bertz CT molecular complexity index is 1190. The van der Waals surface area contributed by atoms with Crippen LogP contribution in [0.1, 0.15) is 15.9 Å². The van der Waals surface area contributed by atoms with E-state index in [-0.39, 0.29) is 17.1 Å². The van der Waals surface area contributed by atoms with Crippen LogP contribution < -0.4 is 21.5 Å². The van der Waals surface area contributed by atoms with E-state index in [1.54, 1.807) is 6.20 Å². The number of halogens is 1. The Hall–Kier alpha value is -4.53. The van der Waals surface area contributed by atoms with Crippen LogP contribution in [0.2, 0.25) is 0 Å². The quantitative estimate of drug-likeness (QED) is 0.385. The molecule has 0 aliphatic heterocycles. The third kappa shape index (κ3) is 4.78. The van der Waals surface area contributed by atoms with Crippen LogP contribution in [-0.4, -0.2) is 20.9 Å². The maximum Gasteiger partial charge on any atom is 0.269 e. The summed E-state index contributed by atoms with van der Waals surface area (Å²) < 4.78 is 13.1. The summed E-state index contributed by atoms with van der Waals surface area (Å²) in [7, 11) is 0. The van der Waals surface area contributed by atoms with Gasteiger partial charge < -0.3 is 10.6 Å². The van der Waals surface area contributed by atoms with Gasteiger partial charge in [-0.05, 0) is 42.0 Å². The van der Waals surface area contributed by atoms with Crippen LogP contribution in [0.5, 0.6) is 0 Å². The Morgan fingerprint density at radius 3 is 2.41 bits per heavy atom. The predicted octanol–water partition coefficient (Wildman–Crippen LogP) is 3.69. The first kappa shape index (κ1) is 20.7. The SMILES string of the molecule is Nc1c(NNC(=O)c2ccc(F)cc2)ncnc1N(Cc1ccccc1)c1ccccn1. The zero-order valence-electron chi connectivity index (χ0n) is 16.9. The van der Waals surface area contributed by atoms with Gasteiger partial charge in [0.05, 0.1) is 6.54 Å². The number of benzene rings is 2. The number of nitrogens with one attached hydrogen (secondary N) is 2. The van der Waals surface area contributed by atoms with Gasteiger partial charge in [0.25, 0.3) is 5.91 Å². The number of anilines is 4. The first-order valence-electron chi connectivity index (χ1n) is 9.76. The van der Waals surface area contributed by atoms with Crippen LogP contribution in [0.3, 0.4) is 0 Å². The molecule has 32 heavy (non-hydrogen) atoms. The molecular weight excluding hydrogens is 409 g/mol. The fourth-order valence-electron chi connectivity index (χ4n) is 3.03. The molecule has 4 N–H and O–H groups in total. The van der Waals surface area contributed by atoms with E-state index in [1.807, 2.05) is 53.4 Å². The molecule has 0 spiro atoms. The molecule has 160 valence electrons. The normalized spacial score (nSPS) is 10.4. The van der Waals surface area contributed by atoms with Crippen molar-refractivity contribution in [3.63, 3.8) is 0 Å². The number of hydrogen-bond donors (Lipinski definition) is 3. The second-order valence-electron chi connectivity index (χ2n) is 6.81. The lowest BCUT2D eigenvalue weighted by atomic mass is 10.2. The van der Waals surface area contributed by atoms with Crippen LogP contribution in [0, 0.1) is 5.82 Å². The van der Waals surface area contributed by atoms with Crippen molar-refractivity contribution in [1.82, 2.24) is 20.4 Å². The molecule has 9 heteroatoms. The Balaban J connectivity index is 1.59. The summed E-state index contributed by atoms with van der Waals surface area (Å²) in [6.45, 7) is 0.473. The van der Waals surface area contributed by atoms with Gasteiger partial charge in [-0.2, -0.15) is 0 Å². The summed E-state index contributed by atoms with van der Waals surface area (Å²) in [6, 6.07) is 20.6. The van der Waals surface area contributed by atoms with Gasteiger partial charge >= 0.3 is 0 Å². The minimum absolute atomic E-state index is 0.222. The van der Waals surface area contributed by atoms with E-state index in [0.29, 0.717) is 18.2 Å². The smallest absolute Gasteiger partial charge is 0.269 e. The number of rotatable bonds is 7. The van der Waals surface area contributed by atoms with Gasteiger partial charge in [0, 0.05) is 11.8 Å². The van der Waals surface area contributed by atoms with Crippen molar-refractivity contribution in [3.05, 3.63) is 102 Å². The summed E-state index contributed by atoms with van der Waals surface area (Å²) in [6.07, 6.45) is 3.03. The first-order chi connectivity index (χ1) is 15.6. The molecule has 0 saturated heterocycles. The lowest BCUT2D eigenvalue weighted by Gasteiger charge is -2.24. The number of nitrogens with zero attached hydrogens (tertiary/aromatic N) is 4. The first-order valence-corrected chi connectivity index (χ1v) is 9.76. The Labute approximate surface area is 183 Å². The lowest BCUT2D eigenvalue weighted by Crippen LogP contribution is -2.31. The van der Waals surface area contributed by atoms with Crippen LogP contribution in [0.4, 0.5) is 27.5 Å². The van der Waals surface area contributed by atoms with Gasteiger partial charge in [0.2, 0.25) is 0 Å². The molecule has 0 fully saturated rings. The molecule has 0 aliphatic rings. The standard InChI is InChI=1S/C23H20FN7O/c24-18-11-9-17(10-12-18)23(32)30-29-21-20(25)22(28-15-27-21)31(19-8-4-5-13-26-19)14-16-6-2-1-3-7-16/h1-13,15H,14,25H2,(H,30,32)(H,27,28,29). The number of carbonyl (C=O) groups is 1. The second-order valence-corrected chi connectivity index (χ2v) is 6.81. The minimum Gasteiger partial charge on any atom is -0.393 e. The van der Waals surface area contributed by atoms with E-state index in [4.69, 9.17) is 5.73 Å². The average molecular weight is 429 g/mol. The molecule has 0 bridgehead atoms. The van der Waals surface area contributed by atoms with Crippen molar-refractivity contribution in [3.8, 4) is 0 Å². The summed E-state index contributed by atoms with van der Waals surface area (Å²) in [5.41, 5.74) is 13.1. The van der Waals surface area contributed by atoms with Crippen molar-refractivity contribution in [2.75, 3.05) is 16.1 Å². The topological polar surface area (TPSA) is 109 Å². The van der Waals surface area contributed by atoms with Gasteiger partial charge in [-0.1, -0.05) is 36.4 Å². The third-order valence-corrected chi connectivity index (χ3v) is 4.63. The molecule has 2 aromatic heterocycles. The summed E-state index contributed by atoms with van der Waals surface area (Å²) in [4.78, 5) is 27.1. The van der Waals surface area contributed by atoms with E-state index in [0.717, 1.165) is 5.56 Å². The van der Waals surface area contributed by atoms with E-state index in [1.165, 1.54) is 30.6 Å². The fourth-order valence-corrected chi connectivity index (χ4v) is 3.03. The number of hydrazine groups is 1. The van der Waals surface area contributed by atoms with Gasteiger partial charge in [-0.15, -0.1) is 0 Å². The second kappa shape index (κ2) is 9.52. The molecule has 4 aromatic rings. The maximum atomic E-state index is 13.1. The van der Waals surface area contributed by atoms with Crippen molar-refractivity contribution < 1.29 is 9.18 Å². The van der Waals surface area contributed by atoms with E-state index in [2.05, 4.69) is 25.8 Å². The highest BCUT2D eigenvalue weighted by atomic mass is 19.1. The fraction of sp³-hybridized carbons (Fsp3) is 0.0435. The molecule has 4 rings (SSSR count). The largest absolute Gasteiger partial charge is 0.393 e. The highest BCUT2D eigenvalue weighted by molar-refractivity contribution is 5.95. The monoisotopic (exact) mass is 429 g/mol. The third-order valence-electron chi connectivity index (χ3n) is 4.63. The van der Waals surface area contributed by atoms with Crippen LogP contribution in [0.15, 0.2) is 85.3 Å². The summed E-state index contributed by atoms with van der Waals surface area (Å²) >= 11 is 0. The minimum atomic E-state index is -0.463. The van der Waals surface area contributed by atoms with Crippen LogP contribution >= 0.6 is 0 Å². The summed E-state index contributed by atoms with van der Waals surface area (Å²) in [5, 5.41) is 0. The number of aromatic nitrogens is 3. The molecule has 2 aromatic carbocycles. The molecule has 0 radical (unpaired) electrons. The molecule has 2 heterocycles. The number of pyridine rings is 1. The molecule has 0 unspecified atom stereocenters. The zero-order valence-corrected chi connectivity index (χ0v) is 16.9. The lowest BCUT2D eigenvalue weighted by molar-refractivity contribution is 0.0962.